The average Bonchev–Trinajstić information content (AvgIpc) is 3.37. The molecule has 3 N–H and O–H groups in total. The highest BCUT2D eigenvalue weighted by Gasteiger charge is 2.30. The number of amides is 1. The highest BCUT2D eigenvalue weighted by molar-refractivity contribution is 5.94. The molecule has 1 amide bonds. The summed E-state index contributed by atoms with van der Waals surface area (Å²) < 4.78 is 0. The van der Waals surface area contributed by atoms with E-state index in [-0.39, 0.29) is 5.91 Å². The number of aliphatic imine (C=N–C) groups is 1. The molecule has 27 heavy (non-hydrogen) atoms. The van der Waals surface area contributed by atoms with Crippen molar-refractivity contribution in [1.29, 1.82) is 0 Å². The number of carbonyl (C=O) groups is 1. The van der Waals surface area contributed by atoms with Crippen molar-refractivity contribution in [3.05, 3.63) is 35.4 Å². The molecule has 2 fully saturated rings. The van der Waals surface area contributed by atoms with Crippen LogP contribution in [-0.2, 0) is 6.54 Å². The van der Waals surface area contributed by atoms with Crippen LogP contribution in [0.1, 0.15) is 54.9 Å². The summed E-state index contributed by atoms with van der Waals surface area (Å²) in [4.78, 5) is 19.2. The van der Waals surface area contributed by atoms with Crippen molar-refractivity contribution in [1.82, 2.24) is 20.9 Å². The molecule has 1 aromatic carbocycles. The van der Waals surface area contributed by atoms with Gasteiger partial charge in [0.1, 0.15) is 0 Å². The summed E-state index contributed by atoms with van der Waals surface area (Å²) in [6, 6.07) is 8.90. The predicted octanol–water partition coefficient (Wildman–Crippen LogP) is 2.12. The van der Waals surface area contributed by atoms with E-state index >= 15 is 0 Å². The number of benzene rings is 1. The van der Waals surface area contributed by atoms with Gasteiger partial charge in [0.25, 0.3) is 5.91 Å². The Kier molecular flexibility index (Phi) is 7.10. The fourth-order valence-electron chi connectivity index (χ4n) is 4.15. The SMILES string of the molecule is CCNC(=NCc1cccc(C(=O)NC)c1)NC1CCN(C2CCCC2)C1. The van der Waals surface area contributed by atoms with E-state index in [1.807, 2.05) is 24.3 Å². The lowest BCUT2D eigenvalue weighted by molar-refractivity contribution is 0.0963. The van der Waals surface area contributed by atoms with Crippen LogP contribution in [0.25, 0.3) is 0 Å². The standard InChI is InChI=1S/C21H33N5O/c1-3-23-21(24-14-16-7-6-8-17(13-16)20(27)22-2)25-18-11-12-26(15-18)19-9-4-5-10-19/h6-8,13,18-19H,3-5,9-12,14-15H2,1-2H3,(H,22,27)(H2,23,24,25). The monoisotopic (exact) mass is 371 g/mol. The summed E-state index contributed by atoms with van der Waals surface area (Å²) in [5.74, 6) is 0.796. The van der Waals surface area contributed by atoms with E-state index in [1.165, 1.54) is 38.6 Å². The fraction of sp³-hybridized carbons (Fsp3) is 0.619. The van der Waals surface area contributed by atoms with E-state index < -0.39 is 0 Å². The van der Waals surface area contributed by atoms with Crippen molar-refractivity contribution < 1.29 is 4.79 Å². The number of guanidine groups is 1. The number of likely N-dealkylation sites (tertiary alicyclic amines) is 1. The third-order valence-electron chi connectivity index (χ3n) is 5.58. The summed E-state index contributed by atoms with van der Waals surface area (Å²) in [5, 5.41) is 9.63. The van der Waals surface area contributed by atoms with Gasteiger partial charge >= 0.3 is 0 Å². The van der Waals surface area contributed by atoms with Crippen molar-refractivity contribution in [2.45, 2.75) is 57.7 Å². The lowest BCUT2D eigenvalue weighted by atomic mass is 10.1. The quantitative estimate of drug-likeness (QED) is 0.529. The molecule has 1 saturated carbocycles. The molecule has 1 saturated heterocycles. The van der Waals surface area contributed by atoms with Crippen molar-refractivity contribution in [2.75, 3.05) is 26.7 Å². The van der Waals surface area contributed by atoms with Gasteiger partial charge in [0.15, 0.2) is 5.96 Å². The molecule has 1 aliphatic heterocycles. The molecule has 6 nitrogen and oxygen atoms in total. The Labute approximate surface area is 162 Å². The molecule has 3 rings (SSSR count). The van der Waals surface area contributed by atoms with E-state index in [9.17, 15) is 4.79 Å². The van der Waals surface area contributed by atoms with Crippen LogP contribution < -0.4 is 16.0 Å². The first kappa shape index (κ1) is 19.7. The zero-order valence-electron chi connectivity index (χ0n) is 16.6. The van der Waals surface area contributed by atoms with Gasteiger partial charge in [-0.25, -0.2) is 4.99 Å². The Morgan fingerprint density at radius 2 is 2.07 bits per heavy atom. The average molecular weight is 372 g/mol. The molecular weight excluding hydrogens is 338 g/mol. The highest BCUT2D eigenvalue weighted by atomic mass is 16.1. The third-order valence-corrected chi connectivity index (χ3v) is 5.58. The minimum atomic E-state index is -0.0659. The molecule has 2 aliphatic rings. The smallest absolute Gasteiger partial charge is 0.251 e. The molecule has 1 aliphatic carbocycles. The number of hydrogen-bond acceptors (Lipinski definition) is 3. The van der Waals surface area contributed by atoms with E-state index in [0.717, 1.165) is 30.7 Å². The van der Waals surface area contributed by atoms with Gasteiger partial charge in [-0.15, -0.1) is 0 Å². The van der Waals surface area contributed by atoms with Crippen LogP contribution >= 0.6 is 0 Å². The lowest BCUT2D eigenvalue weighted by Gasteiger charge is -2.24. The summed E-state index contributed by atoms with van der Waals surface area (Å²) in [5.41, 5.74) is 1.71. The van der Waals surface area contributed by atoms with Crippen LogP contribution in [0.15, 0.2) is 29.3 Å². The second-order valence-corrected chi connectivity index (χ2v) is 7.54. The van der Waals surface area contributed by atoms with E-state index in [1.54, 1.807) is 7.05 Å². The maximum atomic E-state index is 11.8. The van der Waals surface area contributed by atoms with Crippen LogP contribution in [-0.4, -0.2) is 55.5 Å². The summed E-state index contributed by atoms with van der Waals surface area (Å²) in [6.07, 6.45) is 6.68. The molecule has 1 aromatic rings. The summed E-state index contributed by atoms with van der Waals surface area (Å²) in [7, 11) is 1.65. The first-order valence-corrected chi connectivity index (χ1v) is 10.3. The first-order valence-electron chi connectivity index (χ1n) is 10.3. The van der Waals surface area contributed by atoms with Crippen molar-refractivity contribution in [3.63, 3.8) is 0 Å². The van der Waals surface area contributed by atoms with Gasteiger partial charge in [-0.05, 0) is 43.9 Å². The van der Waals surface area contributed by atoms with Gasteiger partial charge in [0.05, 0.1) is 6.54 Å². The summed E-state index contributed by atoms with van der Waals surface area (Å²) >= 11 is 0. The molecule has 1 atom stereocenters. The molecule has 1 unspecified atom stereocenters. The largest absolute Gasteiger partial charge is 0.357 e. The molecular formula is C21H33N5O. The maximum absolute atomic E-state index is 11.8. The van der Waals surface area contributed by atoms with E-state index in [2.05, 4.69) is 27.8 Å². The molecule has 6 heteroatoms. The Balaban J connectivity index is 1.57. The topological polar surface area (TPSA) is 68.8 Å². The lowest BCUT2D eigenvalue weighted by Crippen LogP contribution is -2.45. The van der Waals surface area contributed by atoms with Gasteiger partial charge in [-0.1, -0.05) is 25.0 Å². The van der Waals surface area contributed by atoms with Crippen molar-refractivity contribution in [3.8, 4) is 0 Å². The molecule has 0 radical (unpaired) electrons. The fourth-order valence-corrected chi connectivity index (χ4v) is 4.15. The Morgan fingerprint density at radius 1 is 1.26 bits per heavy atom. The van der Waals surface area contributed by atoms with Gasteiger partial charge in [-0.3, -0.25) is 9.69 Å². The van der Waals surface area contributed by atoms with E-state index in [4.69, 9.17) is 4.99 Å². The van der Waals surface area contributed by atoms with Crippen molar-refractivity contribution in [2.24, 2.45) is 4.99 Å². The molecule has 0 aromatic heterocycles. The molecule has 1 heterocycles. The van der Waals surface area contributed by atoms with Crippen LogP contribution in [0.3, 0.4) is 0 Å². The third kappa shape index (κ3) is 5.45. The maximum Gasteiger partial charge on any atom is 0.251 e. The van der Waals surface area contributed by atoms with E-state index in [0.29, 0.717) is 18.2 Å². The minimum absolute atomic E-state index is 0.0659. The normalized spacial score (nSPS) is 21.4. The van der Waals surface area contributed by atoms with Crippen molar-refractivity contribution >= 4 is 11.9 Å². The molecule has 0 spiro atoms. The second-order valence-electron chi connectivity index (χ2n) is 7.54. The number of nitrogens with one attached hydrogen (secondary N) is 3. The molecule has 0 bridgehead atoms. The molecule has 148 valence electrons. The highest BCUT2D eigenvalue weighted by Crippen LogP contribution is 2.26. The van der Waals surface area contributed by atoms with Crippen LogP contribution in [0.2, 0.25) is 0 Å². The number of carbonyl (C=O) groups excluding carboxylic acids is 1. The van der Waals surface area contributed by atoms with Crippen LogP contribution in [0.5, 0.6) is 0 Å². The summed E-state index contributed by atoms with van der Waals surface area (Å²) in [6.45, 7) is 5.78. The number of nitrogens with zero attached hydrogens (tertiary/aromatic N) is 2. The first-order chi connectivity index (χ1) is 13.2. The number of hydrogen-bond donors (Lipinski definition) is 3. The Hall–Kier alpha value is -2.08. The minimum Gasteiger partial charge on any atom is -0.357 e. The van der Waals surface area contributed by atoms with Crippen LogP contribution in [0, 0.1) is 0 Å². The van der Waals surface area contributed by atoms with Gasteiger partial charge in [0.2, 0.25) is 0 Å². The van der Waals surface area contributed by atoms with Crippen LogP contribution in [0.4, 0.5) is 0 Å². The van der Waals surface area contributed by atoms with Gasteiger partial charge < -0.3 is 16.0 Å². The predicted molar refractivity (Wildman–Crippen MR) is 110 cm³/mol. The Morgan fingerprint density at radius 3 is 2.81 bits per heavy atom. The zero-order chi connectivity index (χ0) is 19.1. The zero-order valence-corrected chi connectivity index (χ0v) is 16.6. The van der Waals surface area contributed by atoms with Gasteiger partial charge in [0, 0.05) is 44.3 Å². The Bertz CT molecular complexity index is 654. The number of rotatable bonds is 6. The second kappa shape index (κ2) is 9.74. The van der Waals surface area contributed by atoms with Gasteiger partial charge in [-0.2, -0.15) is 0 Å².